The Bertz CT molecular complexity index is 1150. The number of hydrogen-bond donors (Lipinski definition) is 1. The summed E-state index contributed by atoms with van der Waals surface area (Å²) >= 11 is 6.56. The van der Waals surface area contributed by atoms with Crippen molar-refractivity contribution in [3.05, 3.63) is 39.9 Å². The Hall–Kier alpha value is -2.65. The highest BCUT2D eigenvalue weighted by molar-refractivity contribution is 6.31. The lowest BCUT2D eigenvalue weighted by Gasteiger charge is -2.43. The number of aromatic nitrogens is 3. The Labute approximate surface area is 209 Å². The van der Waals surface area contributed by atoms with Crippen molar-refractivity contribution in [2.75, 3.05) is 13.2 Å². The van der Waals surface area contributed by atoms with Gasteiger partial charge in [0, 0.05) is 23.7 Å². The monoisotopic (exact) mass is 502 g/mol. The number of carbonyl (C=O) groups excluding carboxylic acids is 1. The van der Waals surface area contributed by atoms with Crippen molar-refractivity contribution in [3.63, 3.8) is 0 Å². The molecule has 9 nitrogen and oxygen atoms in total. The number of aliphatic carboxylic acids is 1. The van der Waals surface area contributed by atoms with Gasteiger partial charge in [0.05, 0.1) is 24.0 Å². The SMILES string of the molecule is CC1c2c(OCc3nnc4n3CCOC4)ccc(Cl)c2CCN1C(=O)C1CCCC[C@]1(C)C(=O)O. The Morgan fingerprint density at radius 3 is 2.91 bits per heavy atom. The fourth-order valence-electron chi connectivity index (χ4n) is 5.83. The van der Waals surface area contributed by atoms with Crippen LogP contribution in [0, 0.1) is 11.3 Å². The van der Waals surface area contributed by atoms with Gasteiger partial charge in [-0.1, -0.05) is 24.4 Å². The van der Waals surface area contributed by atoms with Crippen LogP contribution in [0.3, 0.4) is 0 Å². The van der Waals surface area contributed by atoms with Gasteiger partial charge < -0.3 is 24.0 Å². The first-order chi connectivity index (χ1) is 16.8. The zero-order chi connectivity index (χ0) is 24.7. The molecule has 3 aliphatic rings. The van der Waals surface area contributed by atoms with E-state index in [9.17, 15) is 14.7 Å². The molecule has 0 spiro atoms. The van der Waals surface area contributed by atoms with E-state index in [1.807, 2.05) is 28.5 Å². The normalized spacial score (nSPS) is 26.1. The highest BCUT2D eigenvalue weighted by Crippen LogP contribution is 2.46. The summed E-state index contributed by atoms with van der Waals surface area (Å²) < 4.78 is 13.7. The number of carbonyl (C=O) groups is 2. The van der Waals surface area contributed by atoms with E-state index in [1.54, 1.807) is 6.92 Å². The Morgan fingerprint density at radius 1 is 1.29 bits per heavy atom. The molecule has 1 amide bonds. The van der Waals surface area contributed by atoms with Gasteiger partial charge in [-0.3, -0.25) is 9.59 Å². The molecule has 0 saturated heterocycles. The van der Waals surface area contributed by atoms with Crippen molar-refractivity contribution in [2.24, 2.45) is 11.3 Å². The fourth-order valence-corrected chi connectivity index (χ4v) is 6.09. The van der Waals surface area contributed by atoms with Crippen LogP contribution in [0.1, 0.15) is 68.3 Å². The zero-order valence-corrected chi connectivity index (χ0v) is 20.9. The predicted octanol–water partition coefficient (Wildman–Crippen LogP) is 3.77. The molecule has 2 unspecified atom stereocenters. The first-order valence-corrected chi connectivity index (χ1v) is 12.7. The third kappa shape index (κ3) is 4.18. The molecule has 1 saturated carbocycles. The molecule has 1 aromatic carbocycles. The molecule has 1 fully saturated rings. The van der Waals surface area contributed by atoms with E-state index in [-0.39, 0.29) is 18.6 Å². The van der Waals surface area contributed by atoms with Gasteiger partial charge in [-0.15, -0.1) is 10.2 Å². The highest BCUT2D eigenvalue weighted by Gasteiger charge is 2.49. The number of amides is 1. The molecule has 5 rings (SSSR count). The van der Waals surface area contributed by atoms with Gasteiger partial charge in [0.1, 0.15) is 19.0 Å². The summed E-state index contributed by atoms with van der Waals surface area (Å²) in [7, 11) is 0. The Morgan fingerprint density at radius 2 is 2.11 bits per heavy atom. The second-order valence-electron chi connectivity index (χ2n) is 9.94. The molecule has 0 radical (unpaired) electrons. The van der Waals surface area contributed by atoms with E-state index < -0.39 is 17.3 Å². The van der Waals surface area contributed by atoms with Crippen LogP contribution < -0.4 is 4.74 Å². The molecular weight excluding hydrogens is 472 g/mol. The first kappa shape index (κ1) is 24.1. The zero-order valence-electron chi connectivity index (χ0n) is 20.1. The molecule has 188 valence electrons. The predicted molar refractivity (Wildman–Crippen MR) is 127 cm³/mol. The minimum absolute atomic E-state index is 0.0924. The fraction of sp³-hybridized carbons (Fsp3) is 0.600. The summed E-state index contributed by atoms with van der Waals surface area (Å²) in [6.07, 6.45) is 3.41. The van der Waals surface area contributed by atoms with Gasteiger partial charge in [-0.2, -0.15) is 0 Å². The lowest BCUT2D eigenvalue weighted by Crippen LogP contribution is -2.50. The van der Waals surface area contributed by atoms with E-state index >= 15 is 0 Å². The van der Waals surface area contributed by atoms with Crippen molar-refractivity contribution in [2.45, 2.75) is 71.8 Å². The summed E-state index contributed by atoms with van der Waals surface area (Å²) in [6.45, 7) is 6.15. The molecule has 3 heterocycles. The van der Waals surface area contributed by atoms with Crippen molar-refractivity contribution >= 4 is 23.5 Å². The molecule has 1 aliphatic carbocycles. The highest BCUT2D eigenvalue weighted by atomic mass is 35.5. The maximum atomic E-state index is 13.8. The second kappa shape index (κ2) is 9.43. The number of ether oxygens (including phenoxy) is 2. The number of hydrogen-bond acceptors (Lipinski definition) is 6. The summed E-state index contributed by atoms with van der Waals surface area (Å²) in [4.78, 5) is 27.7. The molecule has 10 heteroatoms. The number of fused-ring (bicyclic) bond motifs is 2. The molecule has 1 N–H and O–H groups in total. The van der Waals surface area contributed by atoms with Crippen LogP contribution in [0.5, 0.6) is 5.75 Å². The summed E-state index contributed by atoms with van der Waals surface area (Å²) in [6, 6.07) is 3.38. The van der Waals surface area contributed by atoms with Crippen LogP contribution >= 0.6 is 11.6 Å². The number of carboxylic acid groups (broad SMARTS) is 1. The van der Waals surface area contributed by atoms with Crippen LogP contribution in [-0.2, 0) is 40.5 Å². The maximum absolute atomic E-state index is 13.8. The third-order valence-corrected chi connectivity index (χ3v) is 8.33. The number of nitrogens with zero attached hydrogens (tertiary/aromatic N) is 4. The molecular formula is C25H31ClN4O5. The minimum atomic E-state index is -1.04. The Kier molecular flexibility index (Phi) is 6.48. The molecule has 3 atom stereocenters. The lowest BCUT2D eigenvalue weighted by molar-refractivity contribution is -0.162. The van der Waals surface area contributed by atoms with Crippen molar-refractivity contribution in [1.82, 2.24) is 19.7 Å². The van der Waals surface area contributed by atoms with Crippen molar-refractivity contribution < 1.29 is 24.2 Å². The molecule has 1 aromatic heterocycles. The van der Waals surface area contributed by atoms with Gasteiger partial charge in [0.2, 0.25) is 5.91 Å². The molecule has 2 aromatic rings. The Balaban J connectivity index is 1.41. The summed E-state index contributed by atoms with van der Waals surface area (Å²) in [5.74, 6) is 0.643. The van der Waals surface area contributed by atoms with E-state index in [4.69, 9.17) is 21.1 Å². The number of halogens is 1. The average Bonchev–Trinajstić information content (AvgIpc) is 3.27. The quantitative estimate of drug-likeness (QED) is 0.663. The second-order valence-corrected chi connectivity index (χ2v) is 10.3. The van der Waals surface area contributed by atoms with Crippen molar-refractivity contribution in [1.29, 1.82) is 0 Å². The molecule has 35 heavy (non-hydrogen) atoms. The number of benzene rings is 1. The minimum Gasteiger partial charge on any atom is -0.485 e. The maximum Gasteiger partial charge on any atom is 0.310 e. The molecule has 0 bridgehead atoms. The average molecular weight is 503 g/mol. The van der Waals surface area contributed by atoms with E-state index in [0.29, 0.717) is 56.3 Å². The van der Waals surface area contributed by atoms with E-state index in [2.05, 4.69) is 10.2 Å². The number of carboxylic acids is 1. The standard InChI is InChI=1S/C25H31ClN4O5/c1-15-22-16(8-10-29(15)23(31)17-5-3-4-9-25(17,2)24(32)33)18(26)6-7-19(22)35-14-21-28-27-20-13-34-12-11-30(20)21/h6-7,15,17H,3-5,8-14H2,1-2H3,(H,32,33)/t15?,17?,25-/m0/s1. The van der Waals surface area contributed by atoms with Crippen LogP contribution in [0.15, 0.2) is 12.1 Å². The summed E-state index contributed by atoms with van der Waals surface area (Å²) in [5, 5.41) is 19.0. The van der Waals surface area contributed by atoms with Crippen LogP contribution in [0.25, 0.3) is 0 Å². The van der Waals surface area contributed by atoms with E-state index in [1.165, 1.54) is 0 Å². The summed E-state index contributed by atoms with van der Waals surface area (Å²) in [5.41, 5.74) is 0.813. The van der Waals surface area contributed by atoms with E-state index in [0.717, 1.165) is 35.6 Å². The largest absolute Gasteiger partial charge is 0.485 e. The van der Waals surface area contributed by atoms with Gasteiger partial charge in [0.15, 0.2) is 11.6 Å². The topological polar surface area (TPSA) is 107 Å². The number of rotatable bonds is 5. The van der Waals surface area contributed by atoms with Crippen LogP contribution in [-0.4, -0.2) is 49.8 Å². The van der Waals surface area contributed by atoms with Crippen LogP contribution in [0.4, 0.5) is 0 Å². The van der Waals surface area contributed by atoms with Crippen molar-refractivity contribution in [3.8, 4) is 5.75 Å². The van der Waals surface area contributed by atoms with Crippen LogP contribution in [0.2, 0.25) is 5.02 Å². The molecule has 2 aliphatic heterocycles. The van der Waals surface area contributed by atoms with Gasteiger partial charge in [-0.25, -0.2) is 0 Å². The lowest BCUT2D eigenvalue weighted by atomic mass is 9.66. The third-order valence-electron chi connectivity index (χ3n) is 7.98. The van der Waals surface area contributed by atoms with Gasteiger partial charge in [0.25, 0.3) is 0 Å². The smallest absolute Gasteiger partial charge is 0.310 e. The first-order valence-electron chi connectivity index (χ1n) is 12.3. The van der Waals surface area contributed by atoms with Gasteiger partial charge in [-0.05, 0) is 50.8 Å². The van der Waals surface area contributed by atoms with Gasteiger partial charge >= 0.3 is 5.97 Å².